The van der Waals surface area contributed by atoms with Crippen LogP contribution in [0.15, 0.2) is 29.0 Å². The number of nitrogens with zero attached hydrogens (tertiary/aromatic N) is 3. The zero-order chi connectivity index (χ0) is 13.7. The molecule has 0 spiro atoms. The number of rotatable bonds is 6. The second-order valence-electron chi connectivity index (χ2n) is 4.39. The van der Waals surface area contributed by atoms with E-state index in [4.69, 9.17) is 0 Å². The van der Waals surface area contributed by atoms with Gasteiger partial charge >= 0.3 is 0 Å². The third-order valence-electron chi connectivity index (χ3n) is 2.96. The van der Waals surface area contributed by atoms with Crippen molar-refractivity contribution < 1.29 is 0 Å². The lowest BCUT2D eigenvalue weighted by Crippen LogP contribution is -2.15. The molecule has 0 unspecified atom stereocenters. The third-order valence-corrected chi connectivity index (χ3v) is 3.43. The molecule has 2 heterocycles. The Hall–Kier alpha value is -1.20. The minimum absolute atomic E-state index is 0.863. The van der Waals surface area contributed by atoms with Gasteiger partial charge in [0.1, 0.15) is 0 Å². The minimum atomic E-state index is 0.863. The van der Waals surface area contributed by atoms with Gasteiger partial charge in [0.05, 0.1) is 11.9 Å². The molecule has 5 heteroatoms. The molecule has 0 aliphatic carbocycles. The van der Waals surface area contributed by atoms with Gasteiger partial charge in [-0.3, -0.25) is 0 Å². The van der Waals surface area contributed by atoms with Crippen LogP contribution in [0.25, 0.3) is 5.82 Å². The second-order valence-corrected chi connectivity index (χ2v) is 5.31. The fourth-order valence-electron chi connectivity index (χ4n) is 2.02. The number of hydrogen-bond acceptors (Lipinski definition) is 3. The number of pyridine rings is 1. The number of nitrogens with one attached hydrogen (secondary N) is 1. The van der Waals surface area contributed by atoms with Crippen molar-refractivity contribution in [2.45, 2.75) is 33.2 Å². The van der Waals surface area contributed by atoms with Crippen molar-refractivity contribution in [3.63, 3.8) is 0 Å². The largest absolute Gasteiger partial charge is 0.313 e. The monoisotopic (exact) mass is 322 g/mol. The average molecular weight is 323 g/mol. The highest BCUT2D eigenvalue weighted by molar-refractivity contribution is 9.10. The van der Waals surface area contributed by atoms with Crippen LogP contribution in [-0.4, -0.2) is 21.3 Å². The summed E-state index contributed by atoms with van der Waals surface area (Å²) in [5.74, 6) is 0.863. The fraction of sp³-hybridized carbons (Fsp3) is 0.429. The standard InChI is InChI=1S/C14H19BrN4/c1-3-7-16-8-11-9-18-19(13(11)4-2)14-6-5-12(15)10-17-14/h5-6,9-10,16H,3-4,7-8H2,1-2H3. The molecule has 0 atom stereocenters. The van der Waals surface area contributed by atoms with E-state index < -0.39 is 0 Å². The first-order valence-electron chi connectivity index (χ1n) is 6.64. The lowest BCUT2D eigenvalue weighted by atomic mass is 10.2. The summed E-state index contributed by atoms with van der Waals surface area (Å²) in [5.41, 5.74) is 2.47. The van der Waals surface area contributed by atoms with Gasteiger partial charge in [-0.15, -0.1) is 0 Å². The summed E-state index contributed by atoms with van der Waals surface area (Å²) >= 11 is 3.40. The van der Waals surface area contributed by atoms with Gasteiger partial charge in [-0.05, 0) is 47.4 Å². The molecular formula is C14H19BrN4. The molecule has 4 nitrogen and oxygen atoms in total. The highest BCUT2D eigenvalue weighted by Gasteiger charge is 2.10. The highest BCUT2D eigenvalue weighted by atomic mass is 79.9. The topological polar surface area (TPSA) is 42.7 Å². The number of halogens is 1. The van der Waals surface area contributed by atoms with E-state index in [1.165, 1.54) is 11.3 Å². The Labute approximate surface area is 122 Å². The summed E-state index contributed by atoms with van der Waals surface area (Å²) in [5, 5.41) is 7.88. The Morgan fingerprint density at radius 1 is 1.26 bits per heavy atom. The minimum Gasteiger partial charge on any atom is -0.313 e. The highest BCUT2D eigenvalue weighted by Crippen LogP contribution is 2.16. The van der Waals surface area contributed by atoms with Crippen LogP contribution in [0, 0.1) is 0 Å². The first-order valence-corrected chi connectivity index (χ1v) is 7.44. The van der Waals surface area contributed by atoms with E-state index in [2.05, 4.69) is 45.2 Å². The maximum Gasteiger partial charge on any atom is 0.153 e. The van der Waals surface area contributed by atoms with Gasteiger partial charge in [0.25, 0.3) is 0 Å². The maximum absolute atomic E-state index is 4.46. The molecule has 0 amide bonds. The van der Waals surface area contributed by atoms with Crippen molar-refractivity contribution in [1.82, 2.24) is 20.1 Å². The summed E-state index contributed by atoms with van der Waals surface area (Å²) in [7, 11) is 0. The van der Waals surface area contributed by atoms with Crippen molar-refractivity contribution in [2.75, 3.05) is 6.54 Å². The van der Waals surface area contributed by atoms with Crippen molar-refractivity contribution in [3.05, 3.63) is 40.3 Å². The van der Waals surface area contributed by atoms with Crippen molar-refractivity contribution in [1.29, 1.82) is 0 Å². The Bertz CT molecular complexity index is 519. The molecular weight excluding hydrogens is 304 g/mol. The molecule has 0 bridgehead atoms. The smallest absolute Gasteiger partial charge is 0.153 e. The zero-order valence-electron chi connectivity index (χ0n) is 11.4. The van der Waals surface area contributed by atoms with Gasteiger partial charge in [-0.25, -0.2) is 9.67 Å². The molecule has 0 saturated heterocycles. The summed E-state index contributed by atoms with van der Waals surface area (Å²) in [4.78, 5) is 4.40. The van der Waals surface area contributed by atoms with Crippen LogP contribution in [0.5, 0.6) is 0 Å². The molecule has 0 aromatic carbocycles. The molecule has 1 N–H and O–H groups in total. The van der Waals surface area contributed by atoms with E-state index in [0.29, 0.717) is 0 Å². The molecule has 102 valence electrons. The van der Waals surface area contributed by atoms with E-state index in [1.54, 1.807) is 6.20 Å². The van der Waals surface area contributed by atoms with Crippen LogP contribution in [0.3, 0.4) is 0 Å². The SMILES string of the molecule is CCCNCc1cnn(-c2ccc(Br)cn2)c1CC. The molecule has 0 saturated carbocycles. The van der Waals surface area contributed by atoms with E-state index in [0.717, 1.165) is 36.2 Å². The molecule has 0 fully saturated rings. The van der Waals surface area contributed by atoms with Gasteiger partial charge in [0.15, 0.2) is 5.82 Å². The summed E-state index contributed by atoms with van der Waals surface area (Å²) in [6.45, 7) is 6.22. The van der Waals surface area contributed by atoms with E-state index >= 15 is 0 Å². The predicted octanol–water partition coefficient (Wildman–Crippen LogP) is 3.09. The Morgan fingerprint density at radius 3 is 2.74 bits per heavy atom. The van der Waals surface area contributed by atoms with Crippen LogP contribution in [0.4, 0.5) is 0 Å². The second kappa shape index (κ2) is 6.82. The van der Waals surface area contributed by atoms with Gasteiger partial charge in [-0.1, -0.05) is 13.8 Å². The lowest BCUT2D eigenvalue weighted by Gasteiger charge is -2.07. The quantitative estimate of drug-likeness (QED) is 0.831. The molecule has 0 aliphatic rings. The van der Waals surface area contributed by atoms with Crippen molar-refractivity contribution in [3.8, 4) is 5.82 Å². The third kappa shape index (κ3) is 3.42. The van der Waals surface area contributed by atoms with Gasteiger partial charge in [0, 0.05) is 22.8 Å². The molecule has 2 aromatic rings. The zero-order valence-corrected chi connectivity index (χ0v) is 12.9. The van der Waals surface area contributed by atoms with Crippen LogP contribution in [0.1, 0.15) is 31.5 Å². The van der Waals surface area contributed by atoms with Gasteiger partial charge in [0.2, 0.25) is 0 Å². The van der Waals surface area contributed by atoms with Crippen LogP contribution in [-0.2, 0) is 13.0 Å². The van der Waals surface area contributed by atoms with Crippen molar-refractivity contribution >= 4 is 15.9 Å². The predicted molar refractivity (Wildman–Crippen MR) is 80.4 cm³/mol. The maximum atomic E-state index is 4.46. The van der Waals surface area contributed by atoms with Crippen LogP contribution in [0.2, 0.25) is 0 Å². The Balaban J connectivity index is 2.23. The molecule has 0 radical (unpaired) electrons. The van der Waals surface area contributed by atoms with Crippen LogP contribution < -0.4 is 5.32 Å². The normalized spacial score (nSPS) is 10.9. The van der Waals surface area contributed by atoms with E-state index in [9.17, 15) is 0 Å². The molecule has 0 aliphatic heterocycles. The summed E-state index contributed by atoms with van der Waals surface area (Å²) < 4.78 is 2.90. The summed E-state index contributed by atoms with van der Waals surface area (Å²) in [6.07, 6.45) is 5.82. The first-order chi connectivity index (χ1) is 9.26. The molecule has 2 aromatic heterocycles. The van der Waals surface area contributed by atoms with Gasteiger partial charge < -0.3 is 5.32 Å². The summed E-state index contributed by atoms with van der Waals surface area (Å²) in [6, 6.07) is 3.96. The first kappa shape index (κ1) is 14.2. The van der Waals surface area contributed by atoms with E-state index in [-0.39, 0.29) is 0 Å². The molecule has 19 heavy (non-hydrogen) atoms. The van der Waals surface area contributed by atoms with E-state index in [1.807, 2.05) is 23.0 Å². The van der Waals surface area contributed by atoms with Crippen LogP contribution >= 0.6 is 15.9 Å². The average Bonchev–Trinajstić information content (AvgIpc) is 2.83. The Morgan fingerprint density at radius 2 is 2.11 bits per heavy atom. The molecule has 2 rings (SSSR count). The lowest BCUT2D eigenvalue weighted by molar-refractivity contribution is 0.669. The fourth-order valence-corrected chi connectivity index (χ4v) is 2.26. The number of aromatic nitrogens is 3. The van der Waals surface area contributed by atoms with Crippen molar-refractivity contribution in [2.24, 2.45) is 0 Å². The Kier molecular flexibility index (Phi) is 5.10. The van der Waals surface area contributed by atoms with Gasteiger partial charge in [-0.2, -0.15) is 5.10 Å². The number of hydrogen-bond donors (Lipinski definition) is 1.